The molecule has 1 aliphatic rings. The summed E-state index contributed by atoms with van der Waals surface area (Å²) in [5.74, 6) is -0.507. The van der Waals surface area contributed by atoms with Gasteiger partial charge in [-0.1, -0.05) is 11.6 Å². The Morgan fingerprint density at radius 1 is 1.56 bits per heavy atom. The third kappa shape index (κ3) is 3.08. The molecule has 18 heavy (non-hydrogen) atoms. The first-order chi connectivity index (χ1) is 8.70. The number of aliphatic hydroxyl groups excluding tert-OH is 1. The highest BCUT2D eigenvalue weighted by molar-refractivity contribution is 5.85. The third-order valence-corrected chi connectivity index (χ3v) is 3.33. The number of aliphatic hydroxyl groups is 1. The van der Waals surface area contributed by atoms with Crippen molar-refractivity contribution in [2.45, 2.75) is 38.3 Å². The van der Waals surface area contributed by atoms with Crippen LogP contribution < -0.4 is 0 Å². The molecule has 1 fully saturated rings. The largest absolute Gasteiger partial charge is 0.476 e. The molecule has 1 aromatic heterocycles. The minimum atomic E-state index is -1.07. The Bertz CT molecular complexity index is 401. The van der Waals surface area contributed by atoms with Crippen LogP contribution in [0.3, 0.4) is 0 Å². The van der Waals surface area contributed by atoms with E-state index in [0.29, 0.717) is 18.3 Å². The van der Waals surface area contributed by atoms with Gasteiger partial charge in [0.2, 0.25) is 0 Å². The van der Waals surface area contributed by atoms with Crippen molar-refractivity contribution in [1.82, 2.24) is 10.1 Å². The Hall–Kier alpha value is -1.40. The molecule has 0 aromatic carbocycles. The van der Waals surface area contributed by atoms with Crippen molar-refractivity contribution in [3.05, 3.63) is 17.5 Å². The van der Waals surface area contributed by atoms with Crippen LogP contribution >= 0.6 is 0 Å². The minimum absolute atomic E-state index is 0.0549. The Balaban J connectivity index is 1.95. The number of hydrogen-bond donors (Lipinski definition) is 2. The smallest absolute Gasteiger partial charge is 0.358 e. The fourth-order valence-corrected chi connectivity index (χ4v) is 2.10. The van der Waals surface area contributed by atoms with Gasteiger partial charge < -0.3 is 14.7 Å². The van der Waals surface area contributed by atoms with E-state index in [1.54, 1.807) is 0 Å². The molecule has 1 heterocycles. The summed E-state index contributed by atoms with van der Waals surface area (Å²) in [5, 5.41) is 21.2. The van der Waals surface area contributed by atoms with Gasteiger partial charge >= 0.3 is 5.97 Å². The van der Waals surface area contributed by atoms with Gasteiger partial charge in [-0.25, -0.2) is 4.79 Å². The van der Waals surface area contributed by atoms with Crippen LogP contribution in [0.1, 0.15) is 41.9 Å². The van der Waals surface area contributed by atoms with E-state index in [-0.39, 0.29) is 12.3 Å². The molecule has 6 nitrogen and oxygen atoms in total. The molecule has 6 heteroatoms. The van der Waals surface area contributed by atoms with Gasteiger partial charge in [0, 0.05) is 25.3 Å². The van der Waals surface area contributed by atoms with Gasteiger partial charge in [-0.2, -0.15) is 0 Å². The zero-order chi connectivity index (χ0) is 13.0. The number of carboxylic acid groups (broad SMARTS) is 1. The molecular weight excluding hydrogens is 236 g/mol. The van der Waals surface area contributed by atoms with Crippen molar-refractivity contribution in [1.29, 1.82) is 0 Å². The second-order valence-electron chi connectivity index (χ2n) is 4.62. The zero-order valence-electron chi connectivity index (χ0n) is 10.2. The lowest BCUT2D eigenvalue weighted by Gasteiger charge is -2.36. The van der Waals surface area contributed by atoms with Crippen molar-refractivity contribution in [2.24, 2.45) is 0 Å². The molecule has 0 aliphatic heterocycles. The highest BCUT2D eigenvalue weighted by Crippen LogP contribution is 2.26. The molecule has 2 rings (SSSR count). The summed E-state index contributed by atoms with van der Waals surface area (Å²) >= 11 is 0. The highest BCUT2D eigenvalue weighted by Gasteiger charge is 2.25. The topological polar surface area (TPSA) is 86.8 Å². The van der Waals surface area contributed by atoms with Gasteiger partial charge in [0.1, 0.15) is 0 Å². The number of hydrogen-bond acceptors (Lipinski definition) is 5. The number of nitrogens with zero attached hydrogens (tertiary/aromatic N) is 2. The van der Waals surface area contributed by atoms with E-state index >= 15 is 0 Å². The van der Waals surface area contributed by atoms with Gasteiger partial charge in [-0.15, -0.1) is 0 Å². The van der Waals surface area contributed by atoms with E-state index in [9.17, 15) is 4.79 Å². The van der Waals surface area contributed by atoms with Crippen LogP contribution in [0.15, 0.2) is 10.6 Å². The standard InChI is InChI=1S/C12H18N2O4/c15-6-2-5-14(9-3-1-4-9)8-10-7-11(12(16)17)13-18-10/h7,9,15H,1-6,8H2,(H,16,17). The van der Waals surface area contributed by atoms with Gasteiger partial charge in [-0.3, -0.25) is 4.90 Å². The van der Waals surface area contributed by atoms with E-state index in [4.69, 9.17) is 14.7 Å². The van der Waals surface area contributed by atoms with E-state index in [2.05, 4.69) is 10.1 Å². The van der Waals surface area contributed by atoms with Gasteiger partial charge in [0.25, 0.3) is 0 Å². The molecule has 0 spiro atoms. The average Bonchev–Trinajstić information content (AvgIpc) is 2.72. The average molecular weight is 254 g/mol. The van der Waals surface area contributed by atoms with Crippen LogP contribution in [0.25, 0.3) is 0 Å². The fourth-order valence-electron chi connectivity index (χ4n) is 2.10. The van der Waals surface area contributed by atoms with Crippen LogP contribution in [-0.2, 0) is 6.54 Å². The summed E-state index contributed by atoms with van der Waals surface area (Å²) in [4.78, 5) is 12.9. The summed E-state index contributed by atoms with van der Waals surface area (Å²) in [7, 11) is 0. The van der Waals surface area contributed by atoms with Crippen LogP contribution in [0, 0.1) is 0 Å². The molecule has 1 aromatic rings. The van der Waals surface area contributed by atoms with Crippen molar-refractivity contribution >= 4 is 5.97 Å². The number of aromatic carboxylic acids is 1. The molecule has 0 atom stereocenters. The number of aromatic nitrogens is 1. The molecule has 100 valence electrons. The number of carboxylic acids is 1. The van der Waals surface area contributed by atoms with Crippen LogP contribution in [0.5, 0.6) is 0 Å². The normalized spacial score (nSPS) is 15.9. The maximum Gasteiger partial charge on any atom is 0.358 e. The fraction of sp³-hybridized carbons (Fsp3) is 0.667. The van der Waals surface area contributed by atoms with E-state index < -0.39 is 5.97 Å². The maximum absolute atomic E-state index is 10.7. The molecule has 1 aliphatic carbocycles. The Kier molecular flexibility index (Phi) is 4.33. The van der Waals surface area contributed by atoms with E-state index in [1.165, 1.54) is 12.5 Å². The monoisotopic (exact) mass is 254 g/mol. The summed E-state index contributed by atoms with van der Waals surface area (Å²) in [6, 6.07) is 1.99. The summed E-state index contributed by atoms with van der Waals surface area (Å²) < 4.78 is 5.02. The lowest BCUT2D eigenvalue weighted by molar-refractivity contribution is 0.0685. The molecule has 0 saturated heterocycles. The molecule has 2 N–H and O–H groups in total. The minimum Gasteiger partial charge on any atom is -0.476 e. The molecule has 0 radical (unpaired) electrons. The number of rotatable bonds is 7. The molecular formula is C12H18N2O4. The lowest BCUT2D eigenvalue weighted by Crippen LogP contribution is -2.40. The SMILES string of the molecule is O=C(O)c1cc(CN(CCCO)C2CCC2)on1. The van der Waals surface area contributed by atoms with Crippen molar-refractivity contribution in [2.75, 3.05) is 13.2 Å². The lowest BCUT2D eigenvalue weighted by atomic mass is 9.91. The van der Waals surface area contributed by atoms with Crippen LogP contribution in [0.2, 0.25) is 0 Å². The predicted octanol–water partition coefficient (Wildman–Crippen LogP) is 1.11. The maximum atomic E-state index is 10.7. The van der Waals surface area contributed by atoms with Gasteiger partial charge in [0.15, 0.2) is 11.5 Å². The quantitative estimate of drug-likeness (QED) is 0.758. The summed E-state index contributed by atoms with van der Waals surface area (Å²) in [6.07, 6.45) is 4.27. The molecule has 0 bridgehead atoms. The van der Waals surface area contributed by atoms with Gasteiger partial charge in [-0.05, 0) is 19.3 Å². The summed E-state index contributed by atoms with van der Waals surface area (Å²) in [6.45, 7) is 1.52. The van der Waals surface area contributed by atoms with Crippen LogP contribution in [-0.4, -0.2) is 45.4 Å². The zero-order valence-corrected chi connectivity index (χ0v) is 10.2. The molecule has 0 unspecified atom stereocenters. The van der Waals surface area contributed by atoms with E-state index in [0.717, 1.165) is 25.8 Å². The third-order valence-electron chi connectivity index (χ3n) is 3.33. The van der Waals surface area contributed by atoms with Crippen molar-refractivity contribution in [3.63, 3.8) is 0 Å². The predicted molar refractivity (Wildman–Crippen MR) is 63.2 cm³/mol. The first-order valence-corrected chi connectivity index (χ1v) is 6.24. The Morgan fingerprint density at radius 3 is 2.83 bits per heavy atom. The Labute approximate surface area is 105 Å². The van der Waals surface area contributed by atoms with Crippen molar-refractivity contribution < 1.29 is 19.5 Å². The Morgan fingerprint density at radius 2 is 2.33 bits per heavy atom. The first kappa shape index (κ1) is 13.0. The van der Waals surface area contributed by atoms with Gasteiger partial charge in [0.05, 0.1) is 6.54 Å². The molecule has 1 saturated carbocycles. The van der Waals surface area contributed by atoms with E-state index in [1.807, 2.05) is 0 Å². The second-order valence-corrected chi connectivity index (χ2v) is 4.62. The first-order valence-electron chi connectivity index (χ1n) is 6.24. The highest BCUT2D eigenvalue weighted by atomic mass is 16.5. The summed E-state index contributed by atoms with van der Waals surface area (Å²) in [5.41, 5.74) is -0.0549. The number of carbonyl (C=O) groups is 1. The van der Waals surface area contributed by atoms with Crippen LogP contribution in [0.4, 0.5) is 0 Å². The van der Waals surface area contributed by atoms with Crippen molar-refractivity contribution in [3.8, 4) is 0 Å². The second kappa shape index (κ2) is 5.97. The molecule has 0 amide bonds.